The molecule has 0 bridgehead atoms. The predicted octanol–water partition coefficient (Wildman–Crippen LogP) is 4.08. The number of para-hydroxylation sites is 1. The van der Waals surface area contributed by atoms with E-state index in [2.05, 4.69) is 10.2 Å². The second-order valence-corrected chi connectivity index (χ2v) is 7.20. The summed E-state index contributed by atoms with van der Waals surface area (Å²) >= 11 is 5.88. The Morgan fingerprint density at radius 1 is 1.12 bits per heavy atom. The molecule has 6 heteroatoms. The van der Waals surface area contributed by atoms with Crippen LogP contribution in [0.2, 0.25) is 5.02 Å². The largest absolute Gasteiger partial charge is 0.438 e. The number of fused-ring (bicyclic) bond motifs is 2. The molecule has 1 saturated heterocycles. The van der Waals surface area contributed by atoms with Crippen LogP contribution in [0.3, 0.4) is 0 Å². The van der Waals surface area contributed by atoms with E-state index < -0.39 is 11.7 Å². The monoisotopic (exact) mass is 370 g/mol. The van der Waals surface area contributed by atoms with Crippen LogP contribution in [-0.2, 0) is 10.3 Å². The molecule has 2 aliphatic rings. The van der Waals surface area contributed by atoms with Crippen LogP contribution in [0.5, 0.6) is 0 Å². The minimum absolute atomic E-state index is 0.0697. The lowest BCUT2D eigenvalue weighted by molar-refractivity contribution is -0.0366. The number of nitrogens with zero attached hydrogens (tertiary/aromatic N) is 1. The van der Waals surface area contributed by atoms with Gasteiger partial charge < -0.3 is 4.74 Å². The summed E-state index contributed by atoms with van der Waals surface area (Å²) in [5, 5.41) is 3.38. The Labute approximate surface area is 156 Å². The minimum atomic E-state index is -0.598. The number of halogens is 1. The van der Waals surface area contributed by atoms with Gasteiger partial charge in [0.25, 0.3) is 0 Å². The number of ether oxygens (including phenoxy) is 1. The number of Topliss-reactive ketones (excluding diaryl/α,β-unsaturated/α-hetero) is 1. The molecule has 5 nitrogen and oxygen atoms in total. The van der Waals surface area contributed by atoms with Crippen molar-refractivity contribution >= 4 is 29.2 Å². The first-order chi connectivity index (χ1) is 12.6. The molecule has 2 aliphatic heterocycles. The Balaban J connectivity index is 1.45. The van der Waals surface area contributed by atoms with Gasteiger partial charge >= 0.3 is 6.09 Å². The van der Waals surface area contributed by atoms with Gasteiger partial charge in [-0.2, -0.15) is 0 Å². The number of piperidine rings is 1. The van der Waals surface area contributed by atoms with Gasteiger partial charge in [-0.25, -0.2) is 4.79 Å². The van der Waals surface area contributed by atoms with Crippen LogP contribution in [0, 0.1) is 0 Å². The van der Waals surface area contributed by atoms with Crippen molar-refractivity contribution in [1.82, 2.24) is 4.90 Å². The van der Waals surface area contributed by atoms with Crippen molar-refractivity contribution in [3.05, 3.63) is 64.7 Å². The molecule has 134 valence electrons. The maximum atomic E-state index is 12.5. The standard InChI is InChI=1S/C20H19ClN2O3/c21-15-7-5-14(6-8-15)18(24)13-23-11-9-20(10-12-23)16-3-1-2-4-17(16)22-19(25)26-20/h1-8H,9-13H2,(H,22,25). The van der Waals surface area contributed by atoms with Gasteiger partial charge in [-0.15, -0.1) is 0 Å². The molecule has 1 fully saturated rings. The highest BCUT2D eigenvalue weighted by Crippen LogP contribution is 2.43. The number of ketones is 1. The van der Waals surface area contributed by atoms with Crippen LogP contribution >= 0.6 is 11.6 Å². The molecule has 0 aromatic heterocycles. The molecular formula is C20H19ClN2O3. The normalized spacial score (nSPS) is 18.7. The smallest absolute Gasteiger partial charge is 0.412 e. The quantitative estimate of drug-likeness (QED) is 0.827. The van der Waals surface area contributed by atoms with Crippen LogP contribution in [0.25, 0.3) is 0 Å². The molecule has 0 radical (unpaired) electrons. The summed E-state index contributed by atoms with van der Waals surface area (Å²) in [6.07, 6.45) is 0.936. The number of carbonyl (C=O) groups is 2. The summed E-state index contributed by atoms with van der Waals surface area (Å²) in [6.45, 7) is 1.74. The molecule has 0 saturated carbocycles. The van der Waals surface area contributed by atoms with Crippen LogP contribution < -0.4 is 5.32 Å². The van der Waals surface area contributed by atoms with Crippen molar-refractivity contribution in [1.29, 1.82) is 0 Å². The van der Waals surface area contributed by atoms with E-state index in [0.717, 1.165) is 11.3 Å². The summed E-state index contributed by atoms with van der Waals surface area (Å²) < 4.78 is 5.72. The van der Waals surface area contributed by atoms with Crippen molar-refractivity contribution in [2.45, 2.75) is 18.4 Å². The van der Waals surface area contributed by atoms with E-state index in [-0.39, 0.29) is 5.78 Å². The maximum Gasteiger partial charge on any atom is 0.412 e. The first-order valence-corrected chi connectivity index (χ1v) is 9.04. The minimum Gasteiger partial charge on any atom is -0.438 e. The predicted molar refractivity (Wildman–Crippen MR) is 99.7 cm³/mol. The molecule has 0 atom stereocenters. The number of benzene rings is 2. The summed E-state index contributed by atoms with van der Waals surface area (Å²) in [5.74, 6) is 0.0697. The Morgan fingerprint density at radius 2 is 1.81 bits per heavy atom. The van der Waals surface area contributed by atoms with Crippen molar-refractivity contribution in [2.75, 3.05) is 25.0 Å². The molecule has 0 unspecified atom stereocenters. The molecule has 1 spiro atoms. The lowest BCUT2D eigenvalue weighted by atomic mass is 9.82. The Hall–Kier alpha value is -2.37. The molecular weight excluding hydrogens is 352 g/mol. The van der Waals surface area contributed by atoms with Gasteiger partial charge in [-0.05, 0) is 30.3 Å². The highest BCUT2D eigenvalue weighted by atomic mass is 35.5. The van der Waals surface area contributed by atoms with Crippen molar-refractivity contribution in [3.63, 3.8) is 0 Å². The first kappa shape index (κ1) is 17.1. The van der Waals surface area contributed by atoms with Crippen molar-refractivity contribution in [3.8, 4) is 0 Å². The molecule has 2 heterocycles. The third kappa shape index (κ3) is 3.20. The van der Waals surface area contributed by atoms with Gasteiger partial charge in [0, 0.05) is 42.1 Å². The van der Waals surface area contributed by atoms with Crippen molar-refractivity contribution < 1.29 is 14.3 Å². The van der Waals surface area contributed by atoms with E-state index in [1.165, 1.54) is 0 Å². The number of carbonyl (C=O) groups excluding carboxylic acids is 2. The van der Waals surface area contributed by atoms with E-state index in [1.807, 2.05) is 24.3 Å². The number of rotatable bonds is 3. The SMILES string of the molecule is O=C1Nc2ccccc2C2(CCN(CC(=O)c3ccc(Cl)cc3)CC2)O1. The summed E-state index contributed by atoms with van der Waals surface area (Å²) in [4.78, 5) is 26.5. The zero-order valence-electron chi connectivity index (χ0n) is 14.2. The topological polar surface area (TPSA) is 58.6 Å². The molecule has 0 aliphatic carbocycles. The second kappa shape index (κ2) is 6.74. The number of amides is 1. The third-order valence-electron chi connectivity index (χ3n) is 5.14. The Kier molecular flexibility index (Phi) is 4.42. The first-order valence-electron chi connectivity index (χ1n) is 8.66. The Morgan fingerprint density at radius 3 is 2.54 bits per heavy atom. The zero-order valence-corrected chi connectivity index (χ0v) is 15.0. The Bertz CT molecular complexity index is 842. The lowest BCUT2D eigenvalue weighted by Gasteiger charge is -2.44. The molecule has 2 aromatic carbocycles. The average molecular weight is 371 g/mol. The van der Waals surface area contributed by atoms with Gasteiger partial charge in [-0.1, -0.05) is 29.8 Å². The fourth-order valence-electron chi connectivity index (χ4n) is 3.73. The molecule has 4 rings (SSSR count). The highest BCUT2D eigenvalue weighted by Gasteiger charge is 2.44. The van der Waals surface area contributed by atoms with E-state index in [4.69, 9.17) is 16.3 Å². The maximum absolute atomic E-state index is 12.5. The molecule has 1 amide bonds. The number of likely N-dealkylation sites (tertiary alicyclic amines) is 1. The number of anilines is 1. The number of hydrogen-bond acceptors (Lipinski definition) is 4. The third-order valence-corrected chi connectivity index (χ3v) is 5.39. The fraction of sp³-hybridized carbons (Fsp3) is 0.300. The van der Waals surface area contributed by atoms with Gasteiger partial charge in [-0.3, -0.25) is 15.0 Å². The van der Waals surface area contributed by atoms with Gasteiger partial charge in [0.05, 0.1) is 12.2 Å². The van der Waals surface area contributed by atoms with Crippen LogP contribution in [0.15, 0.2) is 48.5 Å². The van der Waals surface area contributed by atoms with Gasteiger partial charge in [0.1, 0.15) is 5.60 Å². The lowest BCUT2D eigenvalue weighted by Crippen LogP contribution is -2.49. The van der Waals surface area contributed by atoms with E-state index in [0.29, 0.717) is 43.1 Å². The number of hydrogen-bond donors (Lipinski definition) is 1. The molecule has 2 aromatic rings. The summed E-state index contributed by atoms with van der Waals surface area (Å²) in [6, 6.07) is 14.7. The van der Waals surface area contributed by atoms with E-state index in [1.54, 1.807) is 24.3 Å². The molecule has 1 N–H and O–H groups in total. The van der Waals surface area contributed by atoms with Crippen LogP contribution in [0.4, 0.5) is 10.5 Å². The van der Waals surface area contributed by atoms with Crippen LogP contribution in [-0.4, -0.2) is 36.4 Å². The zero-order chi connectivity index (χ0) is 18.1. The number of nitrogens with one attached hydrogen (secondary N) is 1. The second-order valence-electron chi connectivity index (χ2n) is 6.76. The van der Waals surface area contributed by atoms with E-state index >= 15 is 0 Å². The summed E-state index contributed by atoms with van der Waals surface area (Å²) in [7, 11) is 0. The van der Waals surface area contributed by atoms with Crippen molar-refractivity contribution in [2.24, 2.45) is 0 Å². The van der Waals surface area contributed by atoms with Gasteiger partial charge in [0.15, 0.2) is 5.78 Å². The van der Waals surface area contributed by atoms with Crippen LogP contribution in [0.1, 0.15) is 28.8 Å². The van der Waals surface area contributed by atoms with E-state index in [9.17, 15) is 9.59 Å². The highest BCUT2D eigenvalue weighted by molar-refractivity contribution is 6.30. The fourth-order valence-corrected chi connectivity index (χ4v) is 3.86. The van der Waals surface area contributed by atoms with Gasteiger partial charge in [0.2, 0.25) is 0 Å². The average Bonchev–Trinajstić information content (AvgIpc) is 2.64. The summed E-state index contributed by atoms with van der Waals surface area (Å²) in [5.41, 5.74) is 1.89. The molecule has 26 heavy (non-hydrogen) atoms.